The Kier molecular flexibility index (Phi) is 5.77. The molecule has 0 aliphatic rings. The maximum Gasteiger partial charge on any atom is 0.374 e. The SMILES string of the molecule is COc1ccc([N+](=O)[O-])cc1NC(=O)COC(=O)c1cc(=O)c2cc(C)ccc2o1. The molecule has 1 amide bonds. The first kappa shape index (κ1) is 20.5. The normalized spacial score (nSPS) is 10.5. The van der Waals surface area contributed by atoms with Crippen molar-refractivity contribution >= 4 is 34.2 Å². The molecule has 1 heterocycles. The summed E-state index contributed by atoms with van der Waals surface area (Å²) in [6.07, 6.45) is 0. The summed E-state index contributed by atoms with van der Waals surface area (Å²) >= 11 is 0. The zero-order valence-corrected chi connectivity index (χ0v) is 16.0. The van der Waals surface area contributed by atoms with Crippen LogP contribution in [0.15, 0.2) is 51.7 Å². The van der Waals surface area contributed by atoms with Crippen LogP contribution in [0.5, 0.6) is 5.75 Å². The van der Waals surface area contributed by atoms with Gasteiger partial charge in [-0.1, -0.05) is 11.6 Å². The number of rotatable bonds is 6. The van der Waals surface area contributed by atoms with E-state index in [1.54, 1.807) is 18.2 Å². The van der Waals surface area contributed by atoms with E-state index in [1.807, 2.05) is 6.92 Å². The van der Waals surface area contributed by atoms with Crippen LogP contribution in [-0.4, -0.2) is 30.5 Å². The maximum absolute atomic E-state index is 12.2. The number of carbonyl (C=O) groups excluding carboxylic acids is 2. The third-order valence-electron chi connectivity index (χ3n) is 4.09. The Morgan fingerprint density at radius 3 is 2.63 bits per heavy atom. The van der Waals surface area contributed by atoms with Crippen molar-refractivity contribution in [3.05, 3.63) is 74.1 Å². The van der Waals surface area contributed by atoms with Crippen LogP contribution in [0.1, 0.15) is 16.1 Å². The molecule has 0 bridgehead atoms. The van der Waals surface area contributed by atoms with Crippen molar-refractivity contribution in [1.29, 1.82) is 0 Å². The zero-order valence-electron chi connectivity index (χ0n) is 16.0. The van der Waals surface area contributed by atoms with Crippen molar-refractivity contribution in [2.24, 2.45) is 0 Å². The number of nitrogens with zero attached hydrogens (tertiary/aromatic N) is 1. The van der Waals surface area contributed by atoms with E-state index in [-0.39, 0.29) is 28.5 Å². The van der Waals surface area contributed by atoms with E-state index in [1.165, 1.54) is 19.2 Å². The van der Waals surface area contributed by atoms with Gasteiger partial charge in [0.2, 0.25) is 5.76 Å². The van der Waals surface area contributed by atoms with Crippen LogP contribution < -0.4 is 15.5 Å². The number of nitro benzene ring substituents is 1. The molecule has 1 aromatic heterocycles. The number of fused-ring (bicyclic) bond motifs is 1. The molecule has 0 spiro atoms. The number of nitro groups is 1. The number of amides is 1. The Morgan fingerprint density at radius 1 is 1.17 bits per heavy atom. The summed E-state index contributed by atoms with van der Waals surface area (Å²) in [7, 11) is 1.33. The van der Waals surface area contributed by atoms with Gasteiger partial charge in [0, 0.05) is 18.2 Å². The third kappa shape index (κ3) is 4.43. The van der Waals surface area contributed by atoms with E-state index < -0.39 is 28.8 Å². The lowest BCUT2D eigenvalue weighted by Crippen LogP contribution is -2.21. The maximum atomic E-state index is 12.2. The fraction of sp³-hybridized carbons (Fsp3) is 0.150. The molecule has 30 heavy (non-hydrogen) atoms. The molecule has 0 atom stereocenters. The Hall–Kier alpha value is -4.21. The second-order valence-corrected chi connectivity index (χ2v) is 6.24. The van der Waals surface area contributed by atoms with Gasteiger partial charge < -0.3 is 19.2 Å². The molecule has 10 nitrogen and oxygen atoms in total. The standard InChI is InChI=1S/C20H16N2O8/c1-11-3-5-16-13(7-11)15(23)9-18(30-16)20(25)29-10-19(24)21-14-8-12(22(26)27)4-6-17(14)28-2/h3-9H,10H2,1-2H3,(H,21,24). The number of benzene rings is 2. The number of carbonyl (C=O) groups is 2. The monoisotopic (exact) mass is 412 g/mol. The van der Waals surface area contributed by atoms with E-state index in [4.69, 9.17) is 13.9 Å². The molecule has 154 valence electrons. The Bertz CT molecular complexity index is 1220. The lowest BCUT2D eigenvalue weighted by atomic mass is 10.1. The van der Waals surface area contributed by atoms with Crippen molar-refractivity contribution in [2.45, 2.75) is 6.92 Å². The summed E-state index contributed by atoms with van der Waals surface area (Å²) in [4.78, 5) is 46.7. The van der Waals surface area contributed by atoms with Gasteiger partial charge in [-0.15, -0.1) is 0 Å². The van der Waals surface area contributed by atoms with Gasteiger partial charge in [0.05, 0.1) is 23.1 Å². The van der Waals surface area contributed by atoms with E-state index in [2.05, 4.69) is 5.32 Å². The minimum atomic E-state index is -1.00. The Labute approximate surface area is 169 Å². The lowest BCUT2D eigenvalue weighted by molar-refractivity contribution is -0.384. The number of hydrogen-bond donors (Lipinski definition) is 1. The molecule has 0 fully saturated rings. The first-order valence-electron chi connectivity index (χ1n) is 8.62. The predicted molar refractivity (Wildman–Crippen MR) is 106 cm³/mol. The Balaban J connectivity index is 1.71. The molecule has 0 saturated carbocycles. The average Bonchev–Trinajstić information content (AvgIpc) is 2.72. The highest BCUT2D eigenvalue weighted by atomic mass is 16.6. The molecular weight excluding hydrogens is 396 g/mol. The number of aryl methyl sites for hydroxylation is 1. The summed E-state index contributed by atoms with van der Waals surface area (Å²) < 4.78 is 15.3. The number of esters is 1. The van der Waals surface area contributed by atoms with Gasteiger partial charge in [0.25, 0.3) is 11.6 Å². The zero-order chi connectivity index (χ0) is 21.8. The third-order valence-corrected chi connectivity index (χ3v) is 4.09. The summed E-state index contributed by atoms with van der Waals surface area (Å²) in [5.41, 5.74) is 0.443. The predicted octanol–water partition coefficient (Wildman–Crippen LogP) is 2.81. The molecule has 1 N–H and O–H groups in total. The van der Waals surface area contributed by atoms with Crippen LogP contribution in [0.4, 0.5) is 11.4 Å². The molecule has 0 unspecified atom stereocenters. The number of hydrogen-bond acceptors (Lipinski definition) is 8. The first-order chi connectivity index (χ1) is 14.3. The molecule has 0 saturated heterocycles. The van der Waals surface area contributed by atoms with Crippen LogP contribution in [0.3, 0.4) is 0 Å². The van der Waals surface area contributed by atoms with E-state index in [0.717, 1.165) is 17.7 Å². The molecular formula is C20H16N2O8. The molecule has 3 aromatic rings. The molecule has 2 aromatic carbocycles. The number of ether oxygens (including phenoxy) is 2. The van der Waals surface area contributed by atoms with Crippen LogP contribution in [0, 0.1) is 17.0 Å². The highest BCUT2D eigenvalue weighted by Crippen LogP contribution is 2.28. The number of non-ortho nitro benzene ring substituents is 1. The van der Waals surface area contributed by atoms with E-state index in [9.17, 15) is 24.5 Å². The molecule has 10 heteroatoms. The van der Waals surface area contributed by atoms with Crippen molar-refractivity contribution in [2.75, 3.05) is 19.0 Å². The van der Waals surface area contributed by atoms with Crippen molar-refractivity contribution in [3.8, 4) is 5.75 Å². The smallest absolute Gasteiger partial charge is 0.374 e. The van der Waals surface area contributed by atoms with Gasteiger partial charge in [-0.2, -0.15) is 0 Å². The van der Waals surface area contributed by atoms with Gasteiger partial charge in [-0.3, -0.25) is 19.7 Å². The van der Waals surface area contributed by atoms with Crippen LogP contribution in [0.2, 0.25) is 0 Å². The van der Waals surface area contributed by atoms with Gasteiger partial charge in [-0.25, -0.2) is 4.79 Å². The summed E-state index contributed by atoms with van der Waals surface area (Å²) in [6.45, 7) is 1.11. The van der Waals surface area contributed by atoms with E-state index >= 15 is 0 Å². The minimum Gasteiger partial charge on any atom is -0.495 e. The molecule has 3 rings (SSSR count). The summed E-state index contributed by atoms with van der Waals surface area (Å²) in [5, 5.41) is 13.6. The molecule has 0 aliphatic carbocycles. The second kappa shape index (κ2) is 8.43. The number of nitrogens with one attached hydrogen (secondary N) is 1. The van der Waals surface area contributed by atoms with Crippen LogP contribution in [-0.2, 0) is 9.53 Å². The van der Waals surface area contributed by atoms with Crippen molar-refractivity contribution < 1.29 is 28.4 Å². The summed E-state index contributed by atoms with van der Waals surface area (Å²) in [6, 6.07) is 9.57. The minimum absolute atomic E-state index is 0.0420. The highest BCUT2D eigenvalue weighted by molar-refractivity contribution is 5.96. The topological polar surface area (TPSA) is 138 Å². The highest BCUT2D eigenvalue weighted by Gasteiger charge is 2.18. The van der Waals surface area contributed by atoms with Gasteiger partial charge in [-0.05, 0) is 25.1 Å². The Morgan fingerprint density at radius 2 is 1.93 bits per heavy atom. The lowest BCUT2D eigenvalue weighted by Gasteiger charge is -2.10. The van der Waals surface area contributed by atoms with E-state index in [0.29, 0.717) is 5.39 Å². The van der Waals surface area contributed by atoms with Gasteiger partial charge >= 0.3 is 5.97 Å². The van der Waals surface area contributed by atoms with Crippen LogP contribution >= 0.6 is 0 Å². The number of methoxy groups -OCH3 is 1. The van der Waals surface area contributed by atoms with Crippen molar-refractivity contribution in [3.63, 3.8) is 0 Å². The largest absolute Gasteiger partial charge is 0.495 e. The van der Waals surface area contributed by atoms with Gasteiger partial charge in [0.15, 0.2) is 12.0 Å². The molecule has 0 radical (unpaired) electrons. The van der Waals surface area contributed by atoms with Crippen molar-refractivity contribution in [1.82, 2.24) is 0 Å². The average molecular weight is 412 g/mol. The van der Waals surface area contributed by atoms with Crippen LogP contribution in [0.25, 0.3) is 11.0 Å². The first-order valence-corrected chi connectivity index (χ1v) is 8.62. The quantitative estimate of drug-likeness (QED) is 0.370. The second-order valence-electron chi connectivity index (χ2n) is 6.24. The fourth-order valence-electron chi connectivity index (χ4n) is 2.67. The fourth-order valence-corrected chi connectivity index (χ4v) is 2.67. The molecule has 0 aliphatic heterocycles. The van der Waals surface area contributed by atoms with Gasteiger partial charge in [0.1, 0.15) is 11.3 Å². The summed E-state index contributed by atoms with van der Waals surface area (Å²) in [5.74, 6) is -1.93. The number of anilines is 1.